The molecule has 2 aromatic carbocycles. The normalized spacial score (nSPS) is 14.5. The number of carbonyl (C=O) groups is 3. The monoisotopic (exact) mass is 546 g/mol. The van der Waals surface area contributed by atoms with E-state index < -0.39 is 0 Å². The van der Waals surface area contributed by atoms with Crippen molar-refractivity contribution in [1.29, 1.82) is 0 Å². The standard InChI is InChI=1S/C34H48N3O3/c1-4-21-37(22-5-2)34(40)30-18-12-17-29(25-30)33(39)36-31(24-28-15-10-7-11-16-28)23-26(3)32(38)35-20-19-27-13-8-6-9-14-27/h7,10-12,15-18,25-27H,4-6,8-9,13-14,19-24H2,1-3H3,(H,35,38)(H,36,39)/t26-/m1/s1. The van der Waals surface area contributed by atoms with Crippen LogP contribution in [-0.4, -0.2) is 42.3 Å². The highest BCUT2D eigenvalue weighted by molar-refractivity contribution is 6.00. The Balaban J connectivity index is 1.65. The van der Waals surface area contributed by atoms with Crippen LogP contribution in [0.2, 0.25) is 0 Å². The van der Waals surface area contributed by atoms with E-state index in [1.807, 2.05) is 42.2 Å². The molecular weight excluding hydrogens is 498 g/mol. The van der Waals surface area contributed by atoms with Crippen LogP contribution in [0.3, 0.4) is 0 Å². The smallest absolute Gasteiger partial charge is 0.253 e. The summed E-state index contributed by atoms with van der Waals surface area (Å²) in [6.07, 6.45) is 10.3. The van der Waals surface area contributed by atoms with Crippen molar-refractivity contribution in [2.24, 2.45) is 11.8 Å². The first-order valence-corrected chi connectivity index (χ1v) is 15.3. The SMILES string of the molecule is CCCN(CCC)C(=O)c1cccc(C(=O)N[C](Cc2ccccc2)C[C@@H](C)C(=O)NCCC2CCCCC2)c1. The largest absolute Gasteiger partial charge is 0.356 e. The van der Waals surface area contributed by atoms with Crippen LogP contribution in [0.1, 0.15) is 105 Å². The molecule has 2 N–H and O–H groups in total. The maximum Gasteiger partial charge on any atom is 0.253 e. The average molecular weight is 547 g/mol. The Bertz CT molecular complexity index is 1060. The lowest BCUT2D eigenvalue weighted by Gasteiger charge is -2.24. The molecule has 6 heteroatoms. The van der Waals surface area contributed by atoms with Gasteiger partial charge in [-0.25, -0.2) is 0 Å². The van der Waals surface area contributed by atoms with Gasteiger partial charge in [0.15, 0.2) is 0 Å². The maximum absolute atomic E-state index is 13.4. The van der Waals surface area contributed by atoms with Crippen LogP contribution in [-0.2, 0) is 11.2 Å². The van der Waals surface area contributed by atoms with Crippen LogP contribution in [0.4, 0.5) is 0 Å². The second-order valence-corrected chi connectivity index (χ2v) is 11.3. The summed E-state index contributed by atoms with van der Waals surface area (Å²) in [5.41, 5.74) is 2.03. The zero-order valence-electron chi connectivity index (χ0n) is 24.7. The number of hydrogen-bond acceptors (Lipinski definition) is 3. The summed E-state index contributed by atoms with van der Waals surface area (Å²) in [5, 5.41) is 6.22. The van der Waals surface area contributed by atoms with Crippen molar-refractivity contribution in [2.75, 3.05) is 19.6 Å². The summed E-state index contributed by atoms with van der Waals surface area (Å²) in [5.74, 6) is 0.168. The van der Waals surface area contributed by atoms with E-state index in [0.29, 0.717) is 43.6 Å². The predicted molar refractivity (Wildman–Crippen MR) is 162 cm³/mol. The summed E-state index contributed by atoms with van der Waals surface area (Å²) in [6.45, 7) is 8.13. The van der Waals surface area contributed by atoms with Crippen molar-refractivity contribution in [2.45, 2.75) is 85.0 Å². The molecule has 0 unspecified atom stereocenters. The fourth-order valence-corrected chi connectivity index (χ4v) is 5.58. The molecule has 3 amide bonds. The van der Waals surface area contributed by atoms with Crippen LogP contribution in [0.15, 0.2) is 54.6 Å². The Morgan fingerprint density at radius 1 is 0.900 bits per heavy atom. The molecule has 1 atom stereocenters. The van der Waals surface area contributed by atoms with Gasteiger partial charge in [-0.2, -0.15) is 0 Å². The third-order valence-corrected chi connectivity index (χ3v) is 7.77. The van der Waals surface area contributed by atoms with Crippen LogP contribution in [0.5, 0.6) is 0 Å². The van der Waals surface area contributed by atoms with Gasteiger partial charge in [-0.15, -0.1) is 0 Å². The van der Waals surface area contributed by atoms with E-state index in [1.54, 1.807) is 24.3 Å². The molecule has 2 aromatic rings. The van der Waals surface area contributed by atoms with Crippen LogP contribution in [0, 0.1) is 17.9 Å². The lowest BCUT2D eigenvalue weighted by molar-refractivity contribution is -0.124. The minimum Gasteiger partial charge on any atom is -0.356 e. The molecule has 6 nitrogen and oxygen atoms in total. The van der Waals surface area contributed by atoms with Gasteiger partial charge in [0.1, 0.15) is 0 Å². The Kier molecular flexibility index (Phi) is 13.2. The second kappa shape index (κ2) is 16.8. The lowest BCUT2D eigenvalue weighted by atomic mass is 9.87. The first-order chi connectivity index (χ1) is 19.4. The van der Waals surface area contributed by atoms with Gasteiger partial charge in [0.2, 0.25) is 5.91 Å². The molecule has 0 aliphatic heterocycles. The third kappa shape index (κ3) is 10.1. The molecule has 1 aliphatic rings. The average Bonchev–Trinajstić information content (AvgIpc) is 2.97. The van der Waals surface area contributed by atoms with Gasteiger partial charge >= 0.3 is 0 Å². The Morgan fingerprint density at radius 2 is 1.57 bits per heavy atom. The van der Waals surface area contributed by atoms with E-state index in [0.717, 1.165) is 36.8 Å². The van der Waals surface area contributed by atoms with E-state index in [1.165, 1.54) is 32.1 Å². The van der Waals surface area contributed by atoms with Gasteiger partial charge in [-0.05, 0) is 61.8 Å². The molecule has 0 heterocycles. The summed E-state index contributed by atoms with van der Waals surface area (Å²) in [7, 11) is 0. The molecule has 0 aromatic heterocycles. The molecule has 1 saturated carbocycles. The number of benzene rings is 2. The fourth-order valence-electron chi connectivity index (χ4n) is 5.58. The van der Waals surface area contributed by atoms with Gasteiger partial charge < -0.3 is 15.5 Å². The van der Waals surface area contributed by atoms with Gasteiger partial charge in [0, 0.05) is 36.7 Å². The van der Waals surface area contributed by atoms with Crippen LogP contribution in [0.25, 0.3) is 0 Å². The number of carbonyl (C=O) groups excluding carboxylic acids is 3. The first kappa shape index (κ1) is 31.4. The van der Waals surface area contributed by atoms with Crippen molar-refractivity contribution in [3.8, 4) is 0 Å². The summed E-state index contributed by atoms with van der Waals surface area (Å²) >= 11 is 0. The Hall–Kier alpha value is -3.15. The summed E-state index contributed by atoms with van der Waals surface area (Å²) < 4.78 is 0. The summed E-state index contributed by atoms with van der Waals surface area (Å²) in [6, 6.07) is 17.7. The highest BCUT2D eigenvalue weighted by Gasteiger charge is 2.24. The zero-order chi connectivity index (χ0) is 28.7. The first-order valence-electron chi connectivity index (χ1n) is 15.3. The minimum atomic E-state index is -0.269. The molecule has 1 radical (unpaired) electrons. The fraction of sp³-hybridized carbons (Fsp3) is 0.529. The Morgan fingerprint density at radius 3 is 2.25 bits per heavy atom. The summed E-state index contributed by atoms with van der Waals surface area (Å²) in [4.78, 5) is 41.3. The molecular formula is C34H48N3O3. The van der Waals surface area contributed by atoms with Crippen molar-refractivity contribution < 1.29 is 14.4 Å². The third-order valence-electron chi connectivity index (χ3n) is 7.77. The number of amides is 3. The number of hydrogen-bond donors (Lipinski definition) is 2. The van der Waals surface area contributed by atoms with Gasteiger partial charge in [-0.1, -0.05) is 89.3 Å². The molecule has 1 fully saturated rings. The molecule has 217 valence electrons. The second-order valence-electron chi connectivity index (χ2n) is 11.3. The van der Waals surface area contributed by atoms with E-state index in [2.05, 4.69) is 24.5 Å². The molecule has 0 saturated heterocycles. The van der Waals surface area contributed by atoms with E-state index in [4.69, 9.17) is 0 Å². The van der Waals surface area contributed by atoms with E-state index in [9.17, 15) is 14.4 Å². The number of rotatable bonds is 15. The quantitative estimate of drug-likeness (QED) is 0.265. The highest BCUT2D eigenvalue weighted by atomic mass is 16.2. The van der Waals surface area contributed by atoms with Crippen LogP contribution >= 0.6 is 0 Å². The molecule has 0 spiro atoms. The lowest BCUT2D eigenvalue weighted by Crippen LogP contribution is -2.36. The molecule has 3 rings (SSSR count). The molecule has 1 aliphatic carbocycles. The van der Waals surface area contributed by atoms with Crippen molar-refractivity contribution in [3.05, 3.63) is 77.3 Å². The van der Waals surface area contributed by atoms with Gasteiger partial charge in [0.25, 0.3) is 11.8 Å². The highest BCUT2D eigenvalue weighted by Crippen LogP contribution is 2.26. The number of nitrogens with one attached hydrogen (secondary N) is 2. The van der Waals surface area contributed by atoms with Gasteiger partial charge in [0.05, 0.1) is 6.04 Å². The van der Waals surface area contributed by atoms with E-state index >= 15 is 0 Å². The van der Waals surface area contributed by atoms with E-state index in [-0.39, 0.29) is 23.6 Å². The maximum atomic E-state index is 13.4. The molecule has 40 heavy (non-hydrogen) atoms. The number of nitrogens with zero attached hydrogens (tertiary/aromatic N) is 1. The predicted octanol–water partition coefficient (Wildman–Crippen LogP) is 6.57. The minimum absolute atomic E-state index is 0.0233. The van der Waals surface area contributed by atoms with Gasteiger partial charge in [-0.3, -0.25) is 14.4 Å². The topological polar surface area (TPSA) is 78.5 Å². The van der Waals surface area contributed by atoms with Crippen molar-refractivity contribution in [1.82, 2.24) is 15.5 Å². The van der Waals surface area contributed by atoms with Crippen LogP contribution < -0.4 is 10.6 Å². The Labute approximate surface area is 241 Å². The van der Waals surface area contributed by atoms with Crippen molar-refractivity contribution in [3.63, 3.8) is 0 Å². The van der Waals surface area contributed by atoms with Crippen molar-refractivity contribution >= 4 is 17.7 Å². The molecule has 0 bridgehead atoms. The zero-order valence-corrected chi connectivity index (χ0v) is 24.7.